The van der Waals surface area contributed by atoms with E-state index in [2.05, 4.69) is 26.2 Å². The van der Waals surface area contributed by atoms with E-state index in [-0.39, 0.29) is 10.9 Å². The van der Waals surface area contributed by atoms with Gasteiger partial charge in [-0.3, -0.25) is 9.78 Å². The summed E-state index contributed by atoms with van der Waals surface area (Å²) in [5, 5.41) is 2.91. The molecule has 6 heteroatoms. The van der Waals surface area contributed by atoms with E-state index in [1.165, 1.54) is 0 Å². The first-order valence-corrected chi connectivity index (χ1v) is 7.89. The highest BCUT2D eigenvalue weighted by Gasteiger charge is 2.40. The Morgan fingerprint density at radius 1 is 1.45 bits per heavy atom. The van der Waals surface area contributed by atoms with E-state index in [0.29, 0.717) is 18.5 Å². The number of halogens is 1. The Kier molecular flexibility index (Phi) is 6.55. The molecule has 0 unspecified atom stereocenters. The van der Waals surface area contributed by atoms with E-state index in [0.717, 1.165) is 17.3 Å². The number of hydrogen-bond donors (Lipinski definition) is 2. The van der Waals surface area contributed by atoms with Crippen LogP contribution in [-0.4, -0.2) is 15.9 Å². The van der Waals surface area contributed by atoms with Crippen molar-refractivity contribution in [2.75, 3.05) is 5.32 Å². The molecule has 0 atom stereocenters. The zero-order chi connectivity index (χ0) is 15.2. The van der Waals surface area contributed by atoms with Gasteiger partial charge in [0.1, 0.15) is 0 Å². The second-order valence-corrected chi connectivity index (χ2v) is 6.05. The van der Waals surface area contributed by atoms with E-state index in [1.807, 2.05) is 13.8 Å². The summed E-state index contributed by atoms with van der Waals surface area (Å²) in [5.41, 5.74) is 5.79. The summed E-state index contributed by atoms with van der Waals surface area (Å²) in [5.74, 6) is -0.138. The van der Waals surface area contributed by atoms with Crippen LogP contribution in [0, 0.1) is 5.41 Å². The molecular formula is C14H20BrN3OS. The predicted octanol–water partition coefficient (Wildman–Crippen LogP) is 3.66. The van der Waals surface area contributed by atoms with E-state index < -0.39 is 5.41 Å². The molecule has 1 amide bonds. The molecule has 1 aromatic rings. The van der Waals surface area contributed by atoms with Crippen molar-refractivity contribution < 1.29 is 4.79 Å². The maximum atomic E-state index is 12.7. The fraction of sp³-hybridized carbons (Fsp3) is 0.500. The lowest BCUT2D eigenvalue weighted by Crippen LogP contribution is -2.46. The number of nitrogens with one attached hydrogen (secondary N) is 1. The quantitative estimate of drug-likeness (QED) is 0.730. The number of pyridine rings is 1. The van der Waals surface area contributed by atoms with Crippen molar-refractivity contribution in [3.05, 3.63) is 22.9 Å². The summed E-state index contributed by atoms with van der Waals surface area (Å²) >= 11 is 8.54. The zero-order valence-corrected chi connectivity index (χ0v) is 14.2. The molecule has 0 bridgehead atoms. The third-order valence-corrected chi connectivity index (χ3v) is 4.30. The summed E-state index contributed by atoms with van der Waals surface area (Å²) in [6.45, 7) is 4.05. The maximum absolute atomic E-state index is 12.7. The molecule has 0 radical (unpaired) electrons. The summed E-state index contributed by atoms with van der Waals surface area (Å²) in [6, 6.07) is 1.74. The Labute approximate surface area is 133 Å². The number of aromatic nitrogens is 1. The molecule has 3 N–H and O–H groups in total. The van der Waals surface area contributed by atoms with Gasteiger partial charge in [0.2, 0.25) is 5.91 Å². The van der Waals surface area contributed by atoms with Gasteiger partial charge in [-0.05, 0) is 34.8 Å². The van der Waals surface area contributed by atoms with Gasteiger partial charge in [-0.15, -0.1) is 0 Å². The predicted molar refractivity (Wildman–Crippen MR) is 89.6 cm³/mol. The second kappa shape index (κ2) is 7.69. The molecule has 0 aliphatic heterocycles. The highest BCUT2D eigenvalue weighted by Crippen LogP contribution is 2.33. The standard InChI is InChI=1S/C14H20BrN3OS/c1-3-6-14(7-4-2,12(16)20)13(19)18-11-5-8-17-9-10(11)15/h5,8-9H,3-4,6-7H2,1-2H3,(H2,16,20)(H,17,18,19). The zero-order valence-electron chi connectivity index (χ0n) is 11.8. The van der Waals surface area contributed by atoms with E-state index in [4.69, 9.17) is 18.0 Å². The minimum absolute atomic E-state index is 0.138. The fourth-order valence-corrected chi connectivity index (χ4v) is 2.93. The molecule has 0 saturated heterocycles. The Hall–Kier alpha value is -1.01. The van der Waals surface area contributed by atoms with Gasteiger partial charge in [-0.25, -0.2) is 0 Å². The summed E-state index contributed by atoms with van der Waals surface area (Å²) in [7, 11) is 0. The molecule has 0 spiro atoms. The molecule has 20 heavy (non-hydrogen) atoms. The van der Waals surface area contributed by atoms with Crippen molar-refractivity contribution in [1.82, 2.24) is 4.98 Å². The van der Waals surface area contributed by atoms with Gasteiger partial charge >= 0.3 is 0 Å². The molecule has 110 valence electrons. The summed E-state index contributed by atoms with van der Waals surface area (Å²) in [6.07, 6.45) is 6.28. The van der Waals surface area contributed by atoms with Gasteiger partial charge < -0.3 is 11.1 Å². The molecule has 1 rings (SSSR count). The van der Waals surface area contributed by atoms with Gasteiger partial charge in [-0.1, -0.05) is 38.9 Å². The largest absolute Gasteiger partial charge is 0.392 e. The highest BCUT2D eigenvalue weighted by atomic mass is 79.9. The van der Waals surface area contributed by atoms with Crippen LogP contribution in [0.5, 0.6) is 0 Å². The summed E-state index contributed by atoms with van der Waals surface area (Å²) in [4.78, 5) is 16.9. The normalized spacial score (nSPS) is 11.2. The van der Waals surface area contributed by atoms with Gasteiger partial charge in [0.15, 0.2) is 0 Å². The van der Waals surface area contributed by atoms with Gasteiger partial charge in [0.25, 0.3) is 0 Å². The smallest absolute Gasteiger partial charge is 0.237 e. The third kappa shape index (κ3) is 3.76. The fourth-order valence-electron chi connectivity index (χ4n) is 2.28. The van der Waals surface area contributed by atoms with Crippen LogP contribution in [0.25, 0.3) is 0 Å². The van der Waals surface area contributed by atoms with Gasteiger partial charge in [0.05, 0.1) is 20.6 Å². The van der Waals surface area contributed by atoms with Crippen LogP contribution in [-0.2, 0) is 4.79 Å². The van der Waals surface area contributed by atoms with E-state index >= 15 is 0 Å². The first kappa shape index (κ1) is 17.0. The van der Waals surface area contributed by atoms with Crippen LogP contribution in [0.4, 0.5) is 5.69 Å². The van der Waals surface area contributed by atoms with Gasteiger partial charge in [0, 0.05) is 12.4 Å². The lowest BCUT2D eigenvalue weighted by molar-refractivity contribution is -0.122. The number of hydrogen-bond acceptors (Lipinski definition) is 3. The summed E-state index contributed by atoms with van der Waals surface area (Å²) < 4.78 is 0.734. The molecule has 1 aromatic heterocycles. The highest BCUT2D eigenvalue weighted by molar-refractivity contribution is 9.10. The van der Waals surface area contributed by atoms with Crippen molar-refractivity contribution in [2.45, 2.75) is 39.5 Å². The molecular weight excluding hydrogens is 338 g/mol. The van der Waals surface area contributed by atoms with Crippen LogP contribution in [0.1, 0.15) is 39.5 Å². The van der Waals surface area contributed by atoms with Crippen molar-refractivity contribution >= 4 is 44.7 Å². The Morgan fingerprint density at radius 2 is 2.05 bits per heavy atom. The van der Waals surface area contributed by atoms with Crippen molar-refractivity contribution in [3.63, 3.8) is 0 Å². The Morgan fingerprint density at radius 3 is 2.50 bits per heavy atom. The lowest BCUT2D eigenvalue weighted by atomic mass is 9.78. The number of carbonyl (C=O) groups is 1. The Balaban J connectivity index is 3.05. The number of anilines is 1. The maximum Gasteiger partial charge on any atom is 0.237 e. The average Bonchev–Trinajstić information content (AvgIpc) is 2.40. The first-order valence-electron chi connectivity index (χ1n) is 6.68. The molecule has 4 nitrogen and oxygen atoms in total. The molecule has 1 heterocycles. The minimum Gasteiger partial charge on any atom is -0.392 e. The number of nitrogens with two attached hydrogens (primary N) is 1. The van der Waals surface area contributed by atoms with Crippen molar-refractivity contribution in [2.24, 2.45) is 11.1 Å². The Bertz CT molecular complexity index is 487. The van der Waals surface area contributed by atoms with Crippen LogP contribution in [0.15, 0.2) is 22.9 Å². The SMILES string of the molecule is CCCC(CCC)(C(=O)Nc1ccncc1Br)C(N)=S. The monoisotopic (exact) mass is 357 g/mol. The van der Waals surface area contributed by atoms with E-state index in [1.54, 1.807) is 18.5 Å². The molecule has 0 fully saturated rings. The average molecular weight is 358 g/mol. The molecule has 0 aromatic carbocycles. The van der Waals surface area contributed by atoms with Crippen molar-refractivity contribution in [1.29, 1.82) is 0 Å². The molecule has 0 aliphatic rings. The van der Waals surface area contributed by atoms with Gasteiger partial charge in [-0.2, -0.15) is 0 Å². The van der Waals surface area contributed by atoms with Crippen LogP contribution >= 0.6 is 28.1 Å². The number of carbonyl (C=O) groups excluding carboxylic acids is 1. The molecule has 0 aliphatic carbocycles. The lowest BCUT2D eigenvalue weighted by Gasteiger charge is -2.31. The number of thiocarbonyl (C=S) groups is 1. The number of rotatable bonds is 7. The van der Waals surface area contributed by atoms with Crippen LogP contribution < -0.4 is 11.1 Å². The molecule has 0 saturated carbocycles. The van der Waals surface area contributed by atoms with Crippen molar-refractivity contribution in [3.8, 4) is 0 Å². The number of nitrogens with zero attached hydrogens (tertiary/aromatic N) is 1. The van der Waals surface area contributed by atoms with Crippen LogP contribution in [0.2, 0.25) is 0 Å². The first-order chi connectivity index (χ1) is 9.47. The number of amides is 1. The topological polar surface area (TPSA) is 68.0 Å². The third-order valence-electron chi connectivity index (χ3n) is 3.28. The minimum atomic E-state index is -0.776. The van der Waals surface area contributed by atoms with Crippen LogP contribution in [0.3, 0.4) is 0 Å². The van der Waals surface area contributed by atoms with E-state index in [9.17, 15) is 4.79 Å². The second-order valence-electron chi connectivity index (χ2n) is 4.76.